The minimum Gasteiger partial charge on any atom is -0.497 e. The summed E-state index contributed by atoms with van der Waals surface area (Å²) in [6.07, 6.45) is 8.52. The Hall–Kier alpha value is -1.06. The van der Waals surface area contributed by atoms with Gasteiger partial charge in [-0.25, -0.2) is 0 Å². The summed E-state index contributed by atoms with van der Waals surface area (Å²) >= 11 is 0. The van der Waals surface area contributed by atoms with Gasteiger partial charge in [0.15, 0.2) is 5.79 Å². The average molecular weight is 385 g/mol. The van der Waals surface area contributed by atoms with Crippen molar-refractivity contribution in [3.05, 3.63) is 29.3 Å². The lowest BCUT2D eigenvalue weighted by Crippen LogP contribution is -2.59. The van der Waals surface area contributed by atoms with Crippen molar-refractivity contribution in [1.82, 2.24) is 0 Å². The van der Waals surface area contributed by atoms with Gasteiger partial charge in [-0.3, -0.25) is 0 Å². The topological polar surface area (TPSA) is 27.7 Å². The lowest BCUT2D eigenvalue weighted by molar-refractivity contribution is -0.349. The molecule has 1 aromatic rings. The maximum Gasteiger partial charge on any atom is 0.174 e. The maximum absolute atomic E-state index is 6.65. The third-order valence-electron chi connectivity index (χ3n) is 8.71. The minimum atomic E-state index is -0.326. The Bertz CT molecular complexity index is 744. The largest absolute Gasteiger partial charge is 0.497 e. The standard InChI is InChI=1S/C25H36O3/c1-5-24-12-10-20-19-9-7-18(26-4)14-17(19)6-8-21(20)22(24)11-13-25(24)27-15-23(2,3)16-28-25/h7,9,14,20-22H,5-6,8,10-13,15-16H2,1-4H3. The van der Waals surface area contributed by atoms with Crippen LogP contribution in [-0.2, 0) is 15.9 Å². The quantitative estimate of drug-likeness (QED) is 0.653. The summed E-state index contributed by atoms with van der Waals surface area (Å²) in [6.45, 7) is 8.56. The van der Waals surface area contributed by atoms with E-state index in [0.29, 0.717) is 5.92 Å². The summed E-state index contributed by atoms with van der Waals surface area (Å²) in [5, 5.41) is 0. The molecule has 0 N–H and O–H groups in total. The van der Waals surface area contributed by atoms with Gasteiger partial charge >= 0.3 is 0 Å². The Kier molecular flexibility index (Phi) is 4.38. The first-order valence-electron chi connectivity index (χ1n) is 11.4. The molecule has 2 saturated carbocycles. The van der Waals surface area contributed by atoms with E-state index >= 15 is 0 Å². The van der Waals surface area contributed by atoms with Crippen LogP contribution in [0.15, 0.2) is 18.2 Å². The SMILES string of the molecule is CCC12CCC3c4ccc(OC)cc4CCC3C1CCC21OCC(C)(C)CO1. The highest BCUT2D eigenvalue weighted by Gasteiger charge is 2.66. The zero-order valence-electron chi connectivity index (χ0n) is 18.1. The molecule has 1 spiro atoms. The van der Waals surface area contributed by atoms with Crippen molar-refractivity contribution in [2.75, 3.05) is 20.3 Å². The van der Waals surface area contributed by atoms with Gasteiger partial charge < -0.3 is 14.2 Å². The molecule has 0 bridgehead atoms. The minimum absolute atomic E-state index is 0.137. The second-order valence-electron chi connectivity index (χ2n) is 10.6. The number of methoxy groups -OCH3 is 1. The zero-order valence-corrected chi connectivity index (χ0v) is 18.1. The van der Waals surface area contributed by atoms with Gasteiger partial charge in [0, 0.05) is 17.3 Å². The fraction of sp³-hybridized carbons (Fsp3) is 0.760. The van der Waals surface area contributed by atoms with Crippen molar-refractivity contribution < 1.29 is 14.2 Å². The molecule has 3 fully saturated rings. The van der Waals surface area contributed by atoms with Crippen molar-refractivity contribution in [3.63, 3.8) is 0 Å². The number of fused-ring (bicyclic) bond motifs is 6. The van der Waals surface area contributed by atoms with Crippen LogP contribution in [0.3, 0.4) is 0 Å². The number of rotatable bonds is 2. The van der Waals surface area contributed by atoms with Crippen LogP contribution in [0.5, 0.6) is 5.75 Å². The van der Waals surface area contributed by atoms with E-state index in [2.05, 4.69) is 39.0 Å². The van der Waals surface area contributed by atoms with Gasteiger partial charge in [-0.2, -0.15) is 0 Å². The molecule has 4 unspecified atom stereocenters. The summed E-state index contributed by atoms with van der Waals surface area (Å²) in [7, 11) is 1.77. The average Bonchev–Trinajstić information content (AvgIpc) is 3.04. The Morgan fingerprint density at radius 1 is 1.07 bits per heavy atom. The molecule has 1 heterocycles. The van der Waals surface area contributed by atoms with Gasteiger partial charge in [0.1, 0.15) is 5.75 Å². The number of ether oxygens (including phenoxy) is 3. The monoisotopic (exact) mass is 384 g/mol. The molecule has 3 nitrogen and oxygen atoms in total. The molecule has 3 aliphatic carbocycles. The molecule has 1 saturated heterocycles. The summed E-state index contributed by atoms with van der Waals surface area (Å²) in [6, 6.07) is 6.79. The highest BCUT2D eigenvalue weighted by Crippen LogP contribution is 2.67. The third-order valence-corrected chi connectivity index (χ3v) is 8.71. The predicted molar refractivity (Wildman–Crippen MR) is 111 cm³/mol. The van der Waals surface area contributed by atoms with Crippen LogP contribution < -0.4 is 4.74 Å². The van der Waals surface area contributed by atoms with Crippen molar-refractivity contribution in [3.8, 4) is 5.75 Å². The van der Waals surface area contributed by atoms with Crippen LogP contribution in [0.25, 0.3) is 0 Å². The van der Waals surface area contributed by atoms with Crippen molar-refractivity contribution in [2.24, 2.45) is 22.7 Å². The number of hydrogen-bond acceptors (Lipinski definition) is 3. The smallest absolute Gasteiger partial charge is 0.174 e. The van der Waals surface area contributed by atoms with Crippen LogP contribution in [0.2, 0.25) is 0 Å². The molecular weight excluding hydrogens is 348 g/mol. The van der Waals surface area contributed by atoms with Crippen LogP contribution in [0.1, 0.15) is 76.3 Å². The maximum atomic E-state index is 6.65. The molecule has 0 aromatic heterocycles. The molecular formula is C25H36O3. The Labute approximate surface area is 170 Å². The fourth-order valence-electron chi connectivity index (χ4n) is 7.31. The van der Waals surface area contributed by atoms with E-state index in [1.807, 2.05) is 0 Å². The number of aryl methyl sites for hydroxylation is 1. The summed E-state index contributed by atoms with van der Waals surface area (Å²) in [5.41, 5.74) is 3.45. The van der Waals surface area contributed by atoms with Gasteiger partial charge in [0.05, 0.1) is 20.3 Å². The normalized spacial score (nSPS) is 37.8. The van der Waals surface area contributed by atoms with E-state index in [0.717, 1.165) is 37.2 Å². The van der Waals surface area contributed by atoms with Crippen LogP contribution in [-0.4, -0.2) is 26.1 Å². The predicted octanol–water partition coefficient (Wildman–Crippen LogP) is 5.71. The molecule has 1 aliphatic heterocycles. The van der Waals surface area contributed by atoms with Gasteiger partial charge in [0.2, 0.25) is 0 Å². The van der Waals surface area contributed by atoms with Crippen molar-refractivity contribution >= 4 is 0 Å². The van der Waals surface area contributed by atoms with Gasteiger partial charge in [0.25, 0.3) is 0 Å². The summed E-state index contributed by atoms with van der Waals surface area (Å²) < 4.78 is 18.8. The first-order chi connectivity index (χ1) is 13.4. The Morgan fingerprint density at radius 2 is 1.86 bits per heavy atom. The number of benzene rings is 1. The van der Waals surface area contributed by atoms with Crippen LogP contribution in [0.4, 0.5) is 0 Å². The molecule has 1 aromatic carbocycles. The second-order valence-corrected chi connectivity index (χ2v) is 10.6. The molecule has 4 atom stereocenters. The van der Waals surface area contributed by atoms with Crippen LogP contribution >= 0.6 is 0 Å². The molecule has 0 amide bonds. The first kappa shape index (κ1) is 18.9. The molecule has 154 valence electrons. The molecule has 3 heteroatoms. The Balaban J connectivity index is 1.46. The van der Waals surface area contributed by atoms with E-state index in [9.17, 15) is 0 Å². The van der Waals surface area contributed by atoms with E-state index in [-0.39, 0.29) is 16.6 Å². The van der Waals surface area contributed by atoms with E-state index < -0.39 is 0 Å². The van der Waals surface area contributed by atoms with E-state index in [1.165, 1.54) is 44.1 Å². The molecule has 28 heavy (non-hydrogen) atoms. The van der Waals surface area contributed by atoms with Gasteiger partial charge in [-0.15, -0.1) is 0 Å². The highest BCUT2D eigenvalue weighted by molar-refractivity contribution is 5.41. The zero-order chi connectivity index (χ0) is 19.6. The molecule has 5 rings (SSSR count). The lowest BCUT2D eigenvalue weighted by atomic mass is 9.53. The molecule has 4 aliphatic rings. The first-order valence-corrected chi connectivity index (χ1v) is 11.4. The Morgan fingerprint density at radius 3 is 2.57 bits per heavy atom. The van der Waals surface area contributed by atoms with Crippen molar-refractivity contribution in [1.29, 1.82) is 0 Å². The van der Waals surface area contributed by atoms with Crippen molar-refractivity contribution in [2.45, 2.75) is 77.4 Å². The lowest BCUT2D eigenvalue weighted by Gasteiger charge is -2.57. The fourth-order valence-corrected chi connectivity index (χ4v) is 7.31. The van der Waals surface area contributed by atoms with Crippen LogP contribution in [0, 0.1) is 22.7 Å². The van der Waals surface area contributed by atoms with Gasteiger partial charge in [-0.05, 0) is 79.5 Å². The highest BCUT2D eigenvalue weighted by atomic mass is 16.7. The van der Waals surface area contributed by atoms with E-state index in [1.54, 1.807) is 12.7 Å². The number of hydrogen-bond donors (Lipinski definition) is 0. The van der Waals surface area contributed by atoms with E-state index in [4.69, 9.17) is 14.2 Å². The summed E-state index contributed by atoms with van der Waals surface area (Å²) in [5.74, 6) is 2.88. The second kappa shape index (κ2) is 6.47. The van der Waals surface area contributed by atoms with Gasteiger partial charge in [-0.1, -0.05) is 26.8 Å². The third kappa shape index (κ3) is 2.55. The summed E-state index contributed by atoms with van der Waals surface area (Å²) in [4.78, 5) is 0. The molecule has 0 radical (unpaired) electrons.